The van der Waals surface area contributed by atoms with Gasteiger partial charge in [0, 0.05) is 24.6 Å². The molecule has 0 amide bonds. The van der Waals surface area contributed by atoms with E-state index >= 15 is 0 Å². The van der Waals surface area contributed by atoms with Crippen LogP contribution in [-0.2, 0) is 10.6 Å². The molecule has 1 aliphatic rings. The summed E-state index contributed by atoms with van der Waals surface area (Å²) in [7, 11) is 0. The van der Waals surface area contributed by atoms with Crippen molar-refractivity contribution in [2.75, 3.05) is 19.8 Å². The normalized spacial score (nSPS) is 20.0. The van der Waals surface area contributed by atoms with Crippen LogP contribution in [0.1, 0.15) is 12.0 Å². The number of hydrogen-bond donors (Lipinski definition) is 0. The quantitative estimate of drug-likeness (QED) is 0.782. The lowest BCUT2D eigenvalue weighted by molar-refractivity contribution is 0.165. The molecule has 0 saturated carbocycles. The SMILES string of the molecule is ClCc1cnc(OCC2CCOC2)c(Cl)c1. The van der Waals surface area contributed by atoms with Gasteiger partial charge in [-0.2, -0.15) is 0 Å². The molecule has 2 heterocycles. The van der Waals surface area contributed by atoms with Crippen LogP contribution in [0.2, 0.25) is 5.02 Å². The van der Waals surface area contributed by atoms with Gasteiger partial charge in [0.15, 0.2) is 0 Å². The predicted octanol–water partition coefficient (Wildman–Crippen LogP) is 2.89. The van der Waals surface area contributed by atoms with Crippen LogP contribution in [0.3, 0.4) is 0 Å². The summed E-state index contributed by atoms with van der Waals surface area (Å²) in [6.07, 6.45) is 2.72. The minimum absolute atomic E-state index is 0.406. The van der Waals surface area contributed by atoms with Crippen LogP contribution in [0.5, 0.6) is 5.88 Å². The molecule has 1 fully saturated rings. The molecule has 1 aliphatic heterocycles. The van der Waals surface area contributed by atoms with Crippen LogP contribution in [0.25, 0.3) is 0 Å². The number of nitrogens with zero attached hydrogens (tertiary/aromatic N) is 1. The van der Waals surface area contributed by atoms with E-state index in [4.69, 9.17) is 32.7 Å². The molecule has 0 spiro atoms. The zero-order valence-electron chi connectivity index (χ0n) is 8.79. The summed E-state index contributed by atoms with van der Waals surface area (Å²) in [6.45, 7) is 2.19. The summed E-state index contributed by atoms with van der Waals surface area (Å²) in [4.78, 5) is 4.13. The molecule has 1 unspecified atom stereocenters. The van der Waals surface area contributed by atoms with E-state index in [2.05, 4.69) is 4.98 Å². The number of ether oxygens (including phenoxy) is 2. The molecular weight excluding hydrogens is 249 g/mol. The Morgan fingerprint density at radius 2 is 2.44 bits per heavy atom. The largest absolute Gasteiger partial charge is 0.476 e. The third-order valence-corrected chi connectivity index (χ3v) is 3.08. The molecule has 0 aliphatic carbocycles. The Balaban J connectivity index is 1.93. The molecule has 1 atom stereocenters. The molecule has 1 saturated heterocycles. The average Bonchev–Trinajstić information content (AvgIpc) is 2.80. The van der Waals surface area contributed by atoms with Crippen molar-refractivity contribution in [1.29, 1.82) is 0 Å². The second-order valence-electron chi connectivity index (χ2n) is 3.80. The summed E-state index contributed by atoms with van der Waals surface area (Å²) >= 11 is 11.7. The minimum atomic E-state index is 0.406. The van der Waals surface area contributed by atoms with Gasteiger partial charge >= 0.3 is 0 Å². The number of alkyl halides is 1. The van der Waals surface area contributed by atoms with Gasteiger partial charge in [0.05, 0.1) is 13.2 Å². The number of pyridine rings is 1. The lowest BCUT2D eigenvalue weighted by Gasteiger charge is -2.10. The summed E-state index contributed by atoms with van der Waals surface area (Å²) in [5, 5.41) is 0.511. The maximum absolute atomic E-state index is 6.02. The fourth-order valence-corrected chi connectivity index (χ4v) is 1.95. The Bertz CT molecular complexity index is 354. The van der Waals surface area contributed by atoms with E-state index in [-0.39, 0.29) is 0 Å². The molecule has 0 aromatic carbocycles. The Hall–Kier alpha value is -0.510. The van der Waals surface area contributed by atoms with Gasteiger partial charge in [-0.25, -0.2) is 4.98 Å². The first-order valence-corrected chi connectivity index (χ1v) is 6.12. The van der Waals surface area contributed by atoms with E-state index in [0.717, 1.165) is 25.2 Å². The summed E-state index contributed by atoms with van der Waals surface area (Å²) < 4.78 is 10.8. The molecule has 0 N–H and O–H groups in total. The first kappa shape index (κ1) is 12.0. The lowest BCUT2D eigenvalue weighted by Crippen LogP contribution is -2.12. The highest BCUT2D eigenvalue weighted by molar-refractivity contribution is 6.32. The van der Waals surface area contributed by atoms with Crippen LogP contribution in [0.15, 0.2) is 12.3 Å². The van der Waals surface area contributed by atoms with Crippen molar-refractivity contribution in [3.05, 3.63) is 22.8 Å². The fourth-order valence-electron chi connectivity index (χ4n) is 1.56. The van der Waals surface area contributed by atoms with Gasteiger partial charge in [-0.15, -0.1) is 11.6 Å². The first-order valence-electron chi connectivity index (χ1n) is 5.20. The topological polar surface area (TPSA) is 31.4 Å². The second-order valence-corrected chi connectivity index (χ2v) is 4.48. The Morgan fingerprint density at radius 1 is 1.56 bits per heavy atom. The van der Waals surface area contributed by atoms with Crippen LogP contribution in [0.4, 0.5) is 0 Å². The van der Waals surface area contributed by atoms with Crippen molar-refractivity contribution in [1.82, 2.24) is 4.98 Å². The van der Waals surface area contributed by atoms with E-state index in [0.29, 0.717) is 29.3 Å². The molecule has 16 heavy (non-hydrogen) atoms. The maximum Gasteiger partial charge on any atom is 0.232 e. The van der Waals surface area contributed by atoms with Gasteiger partial charge in [0.25, 0.3) is 0 Å². The smallest absolute Gasteiger partial charge is 0.232 e. The Kier molecular flexibility index (Phi) is 4.27. The standard InChI is InChI=1S/C11H13Cl2NO2/c12-4-9-3-10(13)11(14-5-9)16-7-8-1-2-15-6-8/h3,5,8H,1-2,4,6-7H2. The van der Waals surface area contributed by atoms with Crippen LogP contribution in [0, 0.1) is 5.92 Å². The third kappa shape index (κ3) is 3.00. The summed E-state index contributed by atoms with van der Waals surface area (Å²) in [6, 6.07) is 1.78. The molecule has 2 rings (SSSR count). The van der Waals surface area contributed by atoms with Gasteiger partial charge < -0.3 is 9.47 Å². The zero-order chi connectivity index (χ0) is 11.4. The predicted molar refractivity (Wildman–Crippen MR) is 63.2 cm³/mol. The number of aromatic nitrogens is 1. The van der Waals surface area contributed by atoms with Crippen LogP contribution in [-0.4, -0.2) is 24.8 Å². The van der Waals surface area contributed by atoms with Gasteiger partial charge in [0.2, 0.25) is 5.88 Å². The van der Waals surface area contributed by atoms with E-state index in [1.165, 1.54) is 0 Å². The Labute approximate surface area is 105 Å². The maximum atomic E-state index is 6.02. The van der Waals surface area contributed by atoms with Crippen molar-refractivity contribution >= 4 is 23.2 Å². The molecule has 0 radical (unpaired) electrons. The third-order valence-electron chi connectivity index (χ3n) is 2.50. The van der Waals surface area contributed by atoms with Gasteiger partial charge in [-0.3, -0.25) is 0 Å². The van der Waals surface area contributed by atoms with Gasteiger partial charge in [-0.1, -0.05) is 11.6 Å². The molecule has 1 aromatic rings. The molecular formula is C11H13Cl2NO2. The van der Waals surface area contributed by atoms with E-state index in [1.54, 1.807) is 12.3 Å². The van der Waals surface area contributed by atoms with Crippen molar-refractivity contribution in [2.45, 2.75) is 12.3 Å². The fraction of sp³-hybridized carbons (Fsp3) is 0.545. The summed E-state index contributed by atoms with van der Waals surface area (Å²) in [5.41, 5.74) is 0.892. The highest BCUT2D eigenvalue weighted by Crippen LogP contribution is 2.24. The van der Waals surface area contributed by atoms with Gasteiger partial charge in [0.1, 0.15) is 5.02 Å². The van der Waals surface area contributed by atoms with Crippen LogP contribution >= 0.6 is 23.2 Å². The van der Waals surface area contributed by atoms with E-state index in [9.17, 15) is 0 Å². The van der Waals surface area contributed by atoms with Gasteiger partial charge in [-0.05, 0) is 18.1 Å². The zero-order valence-corrected chi connectivity index (χ0v) is 10.3. The van der Waals surface area contributed by atoms with Crippen LogP contribution < -0.4 is 4.74 Å². The monoisotopic (exact) mass is 261 g/mol. The molecule has 88 valence electrons. The van der Waals surface area contributed by atoms with Crippen molar-refractivity contribution < 1.29 is 9.47 Å². The molecule has 5 heteroatoms. The molecule has 1 aromatic heterocycles. The number of hydrogen-bond acceptors (Lipinski definition) is 3. The van der Waals surface area contributed by atoms with E-state index < -0.39 is 0 Å². The van der Waals surface area contributed by atoms with Crippen molar-refractivity contribution in [3.8, 4) is 5.88 Å². The number of rotatable bonds is 4. The average molecular weight is 262 g/mol. The highest BCUT2D eigenvalue weighted by atomic mass is 35.5. The van der Waals surface area contributed by atoms with E-state index in [1.807, 2.05) is 0 Å². The molecule has 3 nitrogen and oxygen atoms in total. The second kappa shape index (κ2) is 5.71. The number of halogens is 2. The molecule has 0 bridgehead atoms. The summed E-state index contributed by atoms with van der Waals surface area (Å²) in [5.74, 6) is 1.33. The Morgan fingerprint density at radius 3 is 3.06 bits per heavy atom. The lowest BCUT2D eigenvalue weighted by atomic mass is 10.1. The first-order chi connectivity index (χ1) is 7.79. The van der Waals surface area contributed by atoms with Crippen molar-refractivity contribution in [2.24, 2.45) is 5.92 Å². The van der Waals surface area contributed by atoms with Crippen molar-refractivity contribution in [3.63, 3.8) is 0 Å². The minimum Gasteiger partial charge on any atom is -0.476 e. The highest BCUT2D eigenvalue weighted by Gasteiger charge is 2.17.